The standard InChI is InChI=1S/C16H14N2O4S/c1-23-7-3-6-17-15(19)12-5-2-4-10-8-11(18(21)22)9-13(14(10)12)16(17)20/h2,4-5,8-9H,3,6-7H2,1H3. The van der Waals surface area contributed by atoms with Gasteiger partial charge < -0.3 is 0 Å². The lowest BCUT2D eigenvalue weighted by Gasteiger charge is -2.27. The van der Waals surface area contributed by atoms with Crippen LogP contribution in [0.5, 0.6) is 0 Å². The second-order valence-electron chi connectivity index (χ2n) is 5.26. The van der Waals surface area contributed by atoms with Crippen molar-refractivity contribution in [2.45, 2.75) is 6.42 Å². The maximum absolute atomic E-state index is 12.7. The van der Waals surface area contributed by atoms with E-state index >= 15 is 0 Å². The minimum Gasteiger partial charge on any atom is -0.274 e. The summed E-state index contributed by atoms with van der Waals surface area (Å²) in [6.07, 6.45) is 2.65. The summed E-state index contributed by atoms with van der Waals surface area (Å²) in [7, 11) is 0. The van der Waals surface area contributed by atoms with E-state index in [1.807, 2.05) is 6.26 Å². The fourth-order valence-electron chi connectivity index (χ4n) is 2.82. The van der Waals surface area contributed by atoms with Crippen molar-refractivity contribution in [3.63, 3.8) is 0 Å². The van der Waals surface area contributed by atoms with Gasteiger partial charge in [-0.1, -0.05) is 12.1 Å². The lowest BCUT2D eigenvalue weighted by Crippen LogP contribution is -2.41. The van der Waals surface area contributed by atoms with E-state index in [1.54, 1.807) is 30.0 Å². The predicted octanol–water partition coefficient (Wildman–Crippen LogP) is 3.10. The third-order valence-corrected chi connectivity index (χ3v) is 4.55. The van der Waals surface area contributed by atoms with Crippen LogP contribution in [-0.4, -0.2) is 40.2 Å². The molecule has 2 aromatic rings. The number of imide groups is 1. The van der Waals surface area contributed by atoms with E-state index in [1.165, 1.54) is 17.0 Å². The lowest BCUT2D eigenvalue weighted by atomic mass is 9.93. The smallest absolute Gasteiger partial charge is 0.270 e. The molecule has 0 N–H and O–H groups in total. The van der Waals surface area contributed by atoms with Crippen molar-refractivity contribution in [2.75, 3.05) is 18.6 Å². The number of nitro benzene ring substituents is 1. The van der Waals surface area contributed by atoms with Crippen LogP contribution in [0, 0.1) is 10.1 Å². The molecule has 23 heavy (non-hydrogen) atoms. The first-order valence-corrected chi connectivity index (χ1v) is 8.50. The molecule has 0 aliphatic carbocycles. The molecule has 118 valence electrons. The summed E-state index contributed by atoms with van der Waals surface area (Å²) in [5.41, 5.74) is 0.515. The quantitative estimate of drug-likeness (QED) is 0.364. The average Bonchev–Trinajstić information content (AvgIpc) is 2.55. The van der Waals surface area contributed by atoms with Crippen LogP contribution in [0.4, 0.5) is 5.69 Å². The Bertz CT molecular complexity index is 834. The number of nitro groups is 1. The molecule has 1 heterocycles. The summed E-state index contributed by atoms with van der Waals surface area (Å²) < 4.78 is 0. The van der Waals surface area contributed by atoms with Crippen molar-refractivity contribution in [3.05, 3.63) is 51.6 Å². The van der Waals surface area contributed by atoms with Crippen molar-refractivity contribution in [3.8, 4) is 0 Å². The minimum absolute atomic E-state index is 0.142. The van der Waals surface area contributed by atoms with Gasteiger partial charge in [0.25, 0.3) is 17.5 Å². The first kappa shape index (κ1) is 15.5. The summed E-state index contributed by atoms with van der Waals surface area (Å²) in [6.45, 7) is 0.316. The van der Waals surface area contributed by atoms with Gasteiger partial charge in [-0.2, -0.15) is 11.8 Å². The molecule has 0 spiro atoms. The first-order chi connectivity index (χ1) is 11.0. The molecule has 6 nitrogen and oxygen atoms in total. The van der Waals surface area contributed by atoms with Crippen molar-refractivity contribution in [1.29, 1.82) is 0 Å². The van der Waals surface area contributed by atoms with Gasteiger partial charge in [0.05, 0.1) is 10.5 Å². The second kappa shape index (κ2) is 6.00. The van der Waals surface area contributed by atoms with Crippen LogP contribution < -0.4 is 0 Å². The number of benzene rings is 2. The molecule has 7 heteroatoms. The number of nitrogens with zero attached hydrogens (tertiary/aromatic N) is 2. The van der Waals surface area contributed by atoms with Crippen LogP contribution >= 0.6 is 11.8 Å². The Morgan fingerprint density at radius 2 is 1.91 bits per heavy atom. The zero-order valence-electron chi connectivity index (χ0n) is 12.4. The molecular formula is C16H14N2O4S. The number of amides is 2. The van der Waals surface area contributed by atoms with E-state index in [4.69, 9.17) is 0 Å². The summed E-state index contributed by atoms with van der Waals surface area (Å²) in [5.74, 6) is 0.0508. The summed E-state index contributed by atoms with van der Waals surface area (Å²) in [4.78, 5) is 37.0. The Labute approximate surface area is 136 Å². The van der Waals surface area contributed by atoms with Crippen molar-refractivity contribution < 1.29 is 14.5 Å². The Balaban J connectivity index is 2.15. The molecule has 0 saturated heterocycles. The Kier molecular flexibility index (Phi) is 4.04. The SMILES string of the molecule is CSCCCN1C(=O)c2cccc3cc([N+](=O)[O-])cc(c23)C1=O. The van der Waals surface area contributed by atoms with Gasteiger partial charge in [-0.25, -0.2) is 0 Å². The summed E-state index contributed by atoms with van der Waals surface area (Å²) in [5, 5.41) is 12.1. The average molecular weight is 330 g/mol. The number of rotatable bonds is 5. The van der Waals surface area contributed by atoms with Crippen LogP contribution in [0.1, 0.15) is 27.1 Å². The molecule has 0 atom stereocenters. The van der Waals surface area contributed by atoms with Gasteiger partial charge in [-0.05, 0) is 29.9 Å². The number of thioether (sulfide) groups is 1. The highest BCUT2D eigenvalue weighted by Gasteiger charge is 2.33. The fourth-order valence-corrected chi connectivity index (χ4v) is 3.24. The monoisotopic (exact) mass is 330 g/mol. The molecule has 0 saturated carbocycles. The van der Waals surface area contributed by atoms with Gasteiger partial charge in [-0.3, -0.25) is 24.6 Å². The molecule has 0 aromatic heterocycles. The van der Waals surface area contributed by atoms with E-state index in [2.05, 4.69) is 0 Å². The van der Waals surface area contributed by atoms with E-state index in [0.717, 1.165) is 5.75 Å². The topological polar surface area (TPSA) is 80.5 Å². The van der Waals surface area contributed by atoms with Gasteiger partial charge in [0.2, 0.25) is 0 Å². The van der Waals surface area contributed by atoms with Gasteiger partial charge in [0.1, 0.15) is 0 Å². The minimum atomic E-state index is -0.523. The molecule has 0 radical (unpaired) electrons. The number of carbonyl (C=O) groups excluding carboxylic acids is 2. The zero-order chi connectivity index (χ0) is 16.6. The third kappa shape index (κ3) is 2.57. The summed E-state index contributed by atoms with van der Waals surface area (Å²) >= 11 is 1.64. The Morgan fingerprint density at radius 1 is 1.17 bits per heavy atom. The maximum atomic E-state index is 12.7. The molecule has 0 bridgehead atoms. The second-order valence-corrected chi connectivity index (χ2v) is 6.25. The van der Waals surface area contributed by atoms with E-state index in [9.17, 15) is 19.7 Å². The summed E-state index contributed by atoms with van der Waals surface area (Å²) in [6, 6.07) is 7.68. The number of hydrogen-bond acceptors (Lipinski definition) is 5. The molecule has 2 aromatic carbocycles. The van der Waals surface area contributed by atoms with Crippen molar-refractivity contribution in [2.24, 2.45) is 0 Å². The Hall–Kier alpha value is -2.41. The zero-order valence-corrected chi connectivity index (χ0v) is 13.3. The van der Waals surface area contributed by atoms with E-state index < -0.39 is 10.8 Å². The molecule has 0 fully saturated rings. The molecule has 3 rings (SSSR count). The largest absolute Gasteiger partial charge is 0.274 e. The highest BCUT2D eigenvalue weighted by molar-refractivity contribution is 7.98. The van der Waals surface area contributed by atoms with E-state index in [0.29, 0.717) is 29.3 Å². The van der Waals surface area contributed by atoms with Crippen molar-refractivity contribution >= 4 is 40.0 Å². The Morgan fingerprint density at radius 3 is 2.61 bits per heavy atom. The molecule has 1 aliphatic rings. The van der Waals surface area contributed by atoms with Crippen LogP contribution in [0.2, 0.25) is 0 Å². The van der Waals surface area contributed by atoms with Crippen LogP contribution in [0.25, 0.3) is 10.8 Å². The number of hydrogen-bond donors (Lipinski definition) is 0. The van der Waals surface area contributed by atoms with Crippen molar-refractivity contribution in [1.82, 2.24) is 4.90 Å². The number of carbonyl (C=O) groups is 2. The van der Waals surface area contributed by atoms with Crippen LogP contribution in [0.15, 0.2) is 30.3 Å². The van der Waals surface area contributed by atoms with Gasteiger partial charge in [0.15, 0.2) is 0 Å². The molecule has 2 amide bonds. The predicted molar refractivity (Wildman–Crippen MR) is 89.0 cm³/mol. The molecular weight excluding hydrogens is 316 g/mol. The molecule has 1 aliphatic heterocycles. The van der Waals surface area contributed by atoms with Crippen LogP contribution in [0.3, 0.4) is 0 Å². The molecule has 0 unspecified atom stereocenters. The maximum Gasteiger partial charge on any atom is 0.270 e. The highest BCUT2D eigenvalue weighted by atomic mass is 32.2. The van der Waals surface area contributed by atoms with Gasteiger partial charge >= 0.3 is 0 Å². The van der Waals surface area contributed by atoms with Crippen LogP contribution in [-0.2, 0) is 0 Å². The van der Waals surface area contributed by atoms with Gasteiger partial charge in [-0.15, -0.1) is 0 Å². The van der Waals surface area contributed by atoms with E-state index in [-0.39, 0.29) is 17.2 Å². The normalized spacial score (nSPS) is 13.7. The fraction of sp³-hybridized carbons (Fsp3) is 0.250. The third-order valence-electron chi connectivity index (χ3n) is 3.85. The van der Waals surface area contributed by atoms with Gasteiger partial charge in [0, 0.05) is 29.6 Å². The first-order valence-electron chi connectivity index (χ1n) is 7.11. The lowest BCUT2D eigenvalue weighted by molar-refractivity contribution is -0.384. The number of non-ortho nitro benzene ring substituents is 1. The highest BCUT2D eigenvalue weighted by Crippen LogP contribution is 2.33.